The summed E-state index contributed by atoms with van der Waals surface area (Å²) < 4.78 is 20.2. The Morgan fingerprint density at radius 3 is 2.45 bits per heavy atom. The Morgan fingerprint density at radius 2 is 1.76 bits per heavy atom. The van der Waals surface area contributed by atoms with E-state index in [1.54, 1.807) is 36.4 Å². The molecule has 0 saturated carbocycles. The van der Waals surface area contributed by atoms with Crippen molar-refractivity contribution in [3.8, 4) is 0 Å². The number of carbonyl (C=O) groups is 3. The summed E-state index contributed by atoms with van der Waals surface area (Å²) in [5, 5.41) is 2.73. The van der Waals surface area contributed by atoms with Gasteiger partial charge in [0.15, 0.2) is 0 Å². The van der Waals surface area contributed by atoms with Gasteiger partial charge in [0.05, 0.1) is 33.7 Å². The van der Waals surface area contributed by atoms with Crippen LogP contribution >= 0.6 is 34.7 Å². The zero-order valence-electron chi connectivity index (χ0n) is 19.3. The third-order valence-corrected chi connectivity index (χ3v) is 9.27. The van der Waals surface area contributed by atoms with Crippen LogP contribution in [0, 0.1) is 11.7 Å². The predicted molar refractivity (Wildman–Crippen MR) is 141 cm³/mol. The van der Waals surface area contributed by atoms with E-state index in [1.807, 2.05) is 0 Å². The average molecular weight is 570 g/mol. The Hall–Kier alpha value is -3.67. The van der Waals surface area contributed by atoms with Gasteiger partial charge in [-0.3, -0.25) is 23.7 Å². The number of anilines is 2. The molecular formula is C26H17ClFN3O5S2. The van der Waals surface area contributed by atoms with Gasteiger partial charge >= 0.3 is 4.87 Å². The minimum absolute atomic E-state index is 0.319. The number of hydrogen-bond donors (Lipinski definition) is 1. The van der Waals surface area contributed by atoms with E-state index in [-0.39, 0.29) is 6.54 Å². The topological polar surface area (TPSA) is 102 Å². The van der Waals surface area contributed by atoms with E-state index in [1.165, 1.54) is 35.1 Å². The number of halogens is 2. The predicted octanol–water partition coefficient (Wildman–Crippen LogP) is 4.73. The number of aromatic nitrogens is 1. The minimum atomic E-state index is -0.832. The van der Waals surface area contributed by atoms with E-state index in [2.05, 4.69) is 5.32 Å². The number of amides is 3. The number of furan rings is 1. The lowest BCUT2D eigenvalue weighted by Crippen LogP contribution is -2.32. The highest BCUT2D eigenvalue weighted by atomic mass is 35.5. The van der Waals surface area contributed by atoms with Crippen molar-refractivity contribution in [2.75, 3.05) is 10.2 Å². The number of nitrogens with zero attached hydrogens (tertiary/aromatic N) is 2. The molecule has 1 saturated heterocycles. The molecule has 0 spiro atoms. The molecule has 3 unspecified atom stereocenters. The lowest BCUT2D eigenvalue weighted by atomic mass is 9.87. The van der Waals surface area contributed by atoms with Crippen LogP contribution in [0.3, 0.4) is 0 Å². The Bertz CT molecular complexity index is 1620. The van der Waals surface area contributed by atoms with Crippen molar-refractivity contribution in [2.45, 2.75) is 22.7 Å². The van der Waals surface area contributed by atoms with Crippen LogP contribution in [-0.4, -0.2) is 27.5 Å². The van der Waals surface area contributed by atoms with E-state index < -0.39 is 45.5 Å². The molecule has 192 valence electrons. The molecule has 1 fully saturated rings. The van der Waals surface area contributed by atoms with Crippen LogP contribution in [0.15, 0.2) is 81.2 Å². The van der Waals surface area contributed by atoms with Crippen molar-refractivity contribution in [2.24, 2.45) is 5.92 Å². The zero-order valence-corrected chi connectivity index (χ0v) is 21.7. The number of nitrogens with one attached hydrogen (secondary N) is 1. The molecule has 12 heteroatoms. The largest absolute Gasteiger partial charge is 0.469 e. The van der Waals surface area contributed by atoms with Crippen molar-refractivity contribution >= 4 is 63.8 Å². The third kappa shape index (κ3) is 4.16. The summed E-state index contributed by atoms with van der Waals surface area (Å²) in [4.78, 5) is 54.5. The molecule has 3 amide bonds. The first-order valence-electron chi connectivity index (χ1n) is 11.4. The van der Waals surface area contributed by atoms with Crippen molar-refractivity contribution in [1.29, 1.82) is 0 Å². The highest BCUT2D eigenvalue weighted by Gasteiger charge is 2.57. The Morgan fingerprint density at radius 1 is 1.03 bits per heavy atom. The van der Waals surface area contributed by atoms with Crippen LogP contribution in [0.5, 0.6) is 0 Å². The molecule has 2 aliphatic heterocycles. The van der Waals surface area contributed by atoms with Gasteiger partial charge in [-0.1, -0.05) is 34.7 Å². The first kappa shape index (κ1) is 24.7. The standard InChI is InChI=1S/C26H17ClFN3O5S2/c27-13-3-9-16(10-4-13)31-23(33)20-19(17-2-1-11-36-17)22-25(37-21(20)24(31)34)30(26(35)38-22)12-18(32)29-15-7-5-14(28)6-8-15/h1-11,19-21H,12H2,(H,29,32). The van der Waals surface area contributed by atoms with Crippen LogP contribution in [0.25, 0.3) is 0 Å². The average Bonchev–Trinajstić information content (AvgIpc) is 3.59. The van der Waals surface area contributed by atoms with Gasteiger partial charge in [0.25, 0.3) is 0 Å². The lowest BCUT2D eigenvalue weighted by molar-refractivity contribution is -0.122. The number of fused-ring (bicyclic) bond motifs is 2. The molecule has 8 nitrogen and oxygen atoms in total. The molecule has 38 heavy (non-hydrogen) atoms. The van der Waals surface area contributed by atoms with Gasteiger partial charge in [-0.25, -0.2) is 9.29 Å². The summed E-state index contributed by atoms with van der Waals surface area (Å²) in [6, 6.07) is 15.1. The van der Waals surface area contributed by atoms with E-state index in [4.69, 9.17) is 16.0 Å². The molecule has 0 radical (unpaired) electrons. The number of thioether (sulfide) groups is 1. The maximum Gasteiger partial charge on any atom is 0.308 e. The van der Waals surface area contributed by atoms with E-state index >= 15 is 0 Å². The molecule has 3 atom stereocenters. The highest BCUT2D eigenvalue weighted by molar-refractivity contribution is 8.00. The molecule has 1 N–H and O–H groups in total. The highest BCUT2D eigenvalue weighted by Crippen LogP contribution is 2.53. The number of imide groups is 1. The maximum atomic E-state index is 13.7. The van der Waals surface area contributed by atoms with Crippen LogP contribution in [0.1, 0.15) is 16.6 Å². The molecule has 2 aromatic heterocycles. The van der Waals surface area contributed by atoms with Crippen LogP contribution in [-0.2, 0) is 20.9 Å². The molecule has 2 aromatic carbocycles. The molecule has 0 bridgehead atoms. The van der Waals surface area contributed by atoms with Gasteiger partial charge in [0.2, 0.25) is 17.7 Å². The fourth-order valence-electron chi connectivity index (χ4n) is 4.75. The first-order chi connectivity index (χ1) is 18.3. The summed E-state index contributed by atoms with van der Waals surface area (Å²) in [5.74, 6) is -2.79. The second-order valence-corrected chi connectivity index (χ2v) is 11.3. The summed E-state index contributed by atoms with van der Waals surface area (Å²) in [6.07, 6.45) is 1.47. The smallest absolute Gasteiger partial charge is 0.308 e. The lowest BCUT2D eigenvalue weighted by Gasteiger charge is -2.29. The summed E-state index contributed by atoms with van der Waals surface area (Å²) >= 11 is 8.02. The normalized spacial score (nSPS) is 20.4. The molecule has 6 rings (SSSR count). The number of hydrogen-bond acceptors (Lipinski definition) is 7. The Kier molecular flexibility index (Phi) is 6.21. The zero-order chi connectivity index (χ0) is 26.6. The fourth-order valence-corrected chi connectivity index (χ4v) is 7.63. The van der Waals surface area contributed by atoms with Crippen LogP contribution < -0.4 is 15.1 Å². The number of benzene rings is 2. The monoisotopic (exact) mass is 569 g/mol. The van der Waals surface area contributed by atoms with Gasteiger partial charge < -0.3 is 9.73 Å². The summed E-state index contributed by atoms with van der Waals surface area (Å²) in [7, 11) is 0. The fraction of sp³-hybridized carbons (Fsp3) is 0.154. The van der Waals surface area contributed by atoms with Crippen LogP contribution in [0.2, 0.25) is 5.02 Å². The number of thiazole rings is 1. The minimum Gasteiger partial charge on any atom is -0.469 e. The van der Waals surface area contributed by atoms with Gasteiger partial charge in [0.1, 0.15) is 23.4 Å². The second kappa shape index (κ2) is 9.57. The van der Waals surface area contributed by atoms with E-state index in [0.717, 1.165) is 28.0 Å². The van der Waals surface area contributed by atoms with Crippen LogP contribution in [0.4, 0.5) is 15.8 Å². The Labute approximate surface area is 228 Å². The second-order valence-electron chi connectivity index (χ2n) is 8.72. The Balaban J connectivity index is 1.38. The van der Waals surface area contributed by atoms with E-state index in [0.29, 0.717) is 32.1 Å². The third-order valence-electron chi connectivity index (χ3n) is 6.41. The number of rotatable bonds is 5. The molecule has 4 aromatic rings. The summed E-state index contributed by atoms with van der Waals surface area (Å²) in [5.41, 5.74) is 0.780. The van der Waals surface area contributed by atoms with Crippen molar-refractivity contribution in [3.63, 3.8) is 0 Å². The van der Waals surface area contributed by atoms with Crippen molar-refractivity contribution < 1.29 is 23.2 Å². The summed E-state index contributed by atoms with van der Waals surface area (Å²) in [6.45, 7) is -0.319. The SMILES string of the molecule is O=C(Cn1c2c(sc1=O)C(c1ccco1)C1C(=O)N(c3ccc(Cl)cc3)C(=O)C1S2)Nc1ccc(F)cc1. The van der Waals surface area contributed by atoms with Gasteiger partial charge in [-0.15, -0.1) is 0 Å². The van der Waals surface area contributed by atoms with Crippen molar-refractivity contribution in [3.05, 3.63) is 98.1 Å². The maximum absolute atomic E-state index is 13.7. The van der Waals surface area contributed by atoms with Gasteiger partial charge in [-0.2, -0.15) is 0 Å². The molecule has 2 aliphatic rings. The molecule has 0 aliphatic carbocycles. The van der Waals surface area contributed by atoms with E-state index in [9.17, 15) is 23.6 Å². The number of carbonyl (C=O) groups excluding carboxylic acids is 3. The first-order valence-corrected chi connectivity index (χ1v) is 13.5. The molecule has 4 heterocycles. The molecular weight excluding hydrogens is 553 g/mol. The van der Waals surface area contributed by atoms with Crippen molar-refractivity contribution in [1.82, 2.24) is 4.57 Å². The quantitative estimate of drug-likeness (QED) is 0.349. The van der Waals surface area contributed by atoms with Gasteiger partial charge in [-0.05, 0) is 60.7 Å². The van der Waals surface area contributed by atoms with Gasteiger partial charge in [0, 0.05) is 10.7 Å².